The number of carbonyl (C=O) groups is 2. The molecule has 0 bridgehead atoms. The van der Waals surface area contributed by atoms with Crippen LogP contribution in [0.25, 0.3) is 5.57 Å². The molecule has 7 nitrogen and oxygen atoms in total. The molecule has 1 aliphatic heterocycles. The van der Waals surface area contributed by atoms with Crippen LogP contribution in [0.3, 0.4) is 0 Å². The van der Waals surface area contributed by atoms with E-state index < -0.39 is 23.5 Å². The van der Waals surface area contributed by atoms with Gasteiger partial charge in [0.15, 0.2) is 0 Å². The average molecular weight is 407 g/mol. The Morgan fingerprint density at radius 1 is 1.50 bits per heavy atom. The number of nitrogens with one attached hydrogen (secondary N) is 1. The number of rotatable bonds is 6. The van der Waals surface area contributed by atoms with Gasteiger partial charge in [0, 0.05) is 19.6 Å². The maximum atomic E-state index is 13.4. The monoisotopic (exact) mass is 406 g/mol. The summed E-state index contributed by atoms with van der Waals surface area (Å²) in [6.45, 7) is 1.90. The van der Waals surface area contributed by atoms with Gasteiger partial charge in [-0.3, -0.25) is 9.48 Å². The number of aryl methyl sites for hydroxylation is 2. The van der Waals surface area contributed by atoms with Crippen LogP contribution in [0, 0.1) is 12.7 Å². The van der Waals surface area contributed by atoms with Gasteiger partial charge in [-0.2, -0.15) is 5.10 Å². The minimum Gasteiger partial charge on any atom is -0.438 e. The number of halogens is 2. The molecule has 0 spiro atoms. The van der Waals surface area contributed by atoms with Crippen LogP contribution < -0.4 is 11.1 Å². The molecule has 2 aromatic rings. The Labute approximate surface area is 166 Å². The standard InChI is InChI=1S/C19H20ClFN4O3/c1-10-9-23-25(2)16(10)14-15(19(27)28-17(14)20)18(26)24-13(8-22)7-11-4-3-5-12(21)6-11/h3-6,9,13,17H,7-8,22H2,1-2H3,(H,24,26)/t13-,17?/m0/s1. The van der Waals surface area contributed by atoms with Crippen molar-refractivity contribution in [3.63, 3.8) is 0 Å². The predicted molar refractivity (Wildman–Crippen MR) is 102 cm³/mol. The molecule has 148 valence electrons. The molecular formula is C19H20ClFN4O3. The zero-order valence-electron chi connectivity index (χ0n) is 15.4. The number of aromatic nitrogens is 2. The van der Waals surface area contributed by atoms with Crippen LogP contribution in [0.4, 0.5) is 4.39 Å². The fourth-order valence-electron chi connectivity index (χ4n) is 3.21. The predicted octanol–water partition coefficient (Wildman–Crippen LogP) is 1.43. The van der Waals surface area contributed by atoms with Crippen LogP contribution in [-0.4, -0.2) is 39.8 Å². The Morgan fingerprint density at radius 3 is 2.86 bits per heavy atom. The number of hydrogen-bond donors (Lipinski definition) is 2. The smallest absolute Gasteiger partial charge is 0.346 e. The van der Waals surface area contributed by atoms with Gasteiger partial charge in [0.05, 0.1) is 17.5 Å². The highest BCUT2D eigenvalue weighted by Gasteiger charge is 2.40. The number of amides is 1. The third-order valence-electron chi connectivity index (χ3n) is 4.51. The second-order valence-electron chi connectivity index (χ2n) is 6.55. The van der Waals surface area contributed by atoms with Gasteiger partial charge in [-0.15, -0.1) is 0 Å². The third kappa shape index (κ3) is 3.93. The molecule has 1 unspecified atom stereocenters. The summed E-state index contributed by atoms with van der Waals surface area (Å²) in [6, 6.07) is 5.52. The molecule has 1 aromatic heterocycles. The molecule has 0 saturated carbocycles. The fourth-order valence-corrected chi connectivity index (χ4v) is 3.50. The number of cyclic esters (lactones) is 1. The summed E-state index contributed by atoms with van der Waals surface area (Å²) >= 11 is 6.18. The SMILES string of the molecule is Cc1cnn(C)c1C1=C(C(=O)N[C@H](CN)Cc2cccc(F)c2)C(=O)OC1Cl. The molecule has 1 amide bonds. The molecule has 0 radical (unpaired) electrons. The molecule has 0 aliphatic carbocycles. The average Bonchev–Trinajstić information content (AvgIpc) is 3.11. The minimum absolute atomic E-state index is 0.106. The van der Waals surface area contributed by atoms with E-state index in [0.29, 0.717) is 17.7 Å². The van der Waals surface area contributed by atoms with E-state index in [1.807, 2.05) is 0 Å². The van der Waals surface area contributed by atoms with Gasteiger partial charge in [0.2, 0.25) is 5.56 Å². The van der Waals surface area contributed by atoms with Crippen molar-refractivity contribution in [3.05, 3.63) is 58.7 Å². The van der Waals surface area contributed by atoms with E-state index in [1.165, 1.54) is 16.8 Å². The van der Waals surface area contributed by atoms with Gasteiger partial charge in [-0.25, -0.2) is 9.18 Å². The van der Waals surface area contributed by atoms with Crippen molar-refractivity contribution in [2.45, 2.75) is 24.9 Å². The van der Waals surface area contributed by atoms with Crippen LogP contribution in [-0.2, 0) is 27.8 Å². The van der Waals surface area contributed by atoms with Crippen molar-refractivity contribution in [2.75, 3.05) is 6.54 Å². The highest BCUT2D eigenvalue weighted by Crippen LogP contribution is 2.35. The van der Waals surface area contributed by atoms with Gasteiger partial charge in [-0.05, 0) is 36.6 Å². The van der Waals surface area contributed by atoms with Crippen LogP contribution >= 0.6 is 11.6 Å². The van der Waals surface area contributed by atoms with Crippen LogP contribution in [0.5, 0.6) is 0 Å². The number of esters is 1. The van der Waals surface area contributed by atoms with Crippen LogP contribution in [0.15, 0.2) is 36.0 Å². The van der Waals surface area contributed by atoms with Crippen molar-refractivity contribution in [1.29, 1.82) is 0 Å². The summed E-state index contributed by atoms with van der Waals surface area (Å²) < 4.78 is 20.0. The van der Waals surface area contributed by atoms with E-state index in [2.05, 4.69) is 10.4 Å². The molecule has 3 rings (SSSR count). The molecule has 2 atom stereocenters. The molecule has 0 saturated heterocycles. The van der Waals surface area contributed by atoms with E-state index in [4.69, 9.17) is 22.1 Å². The fraction of sp³-hybridized carbons (Fsp3) is 0.316. The number of benzene rings is 1. The lowest BCUT2D eigenvalue weighted by Gasteiger charge is -2.17. The Kier molecular flexibility index (Phi) is 5.81. The number of alkyl halides is 1. The van der Waals surface area contributed by atoms with Crippen molar-refractivity contribution < 1.29 is 18.7 Å². The quantitative estimate of drug-likeness (QED) is 0.429. The zero-order valence-corrected chi connectivity index (χ0v) is 16.2. The summed E-state index contributed by atoms with van der Waals surface area (Å²) in [4.78, 5) is 25.2. The zero-order chi connectivity index (χ0) is 20.4. The molecule has 9 heteroatoms. The number of ether oxygens (including phenoxy) is 1. The molecule has 1 aromatic carbocycles. The van der Waals surface area contributed by atoms with Gasteiger partial charge < -0.3 is 15.8 Å². The number of carbonyl (C=O) groups excluding carboxylic acids is 2. The number of hydrogen-bond acceptors (Lipinski definition) is 5. The normalized spacial score (nSPS) is 17.6. The van der Waals surface area contributed by atoms with E-state index in [1.54, 1.807) is 32.3 Å². The Balaban J connectivity index is 1.89. The summed E-state index contributed by atoms with van der Waals surface area (Å²) in [5.74, 6) is -1.83. The van der Waals surface area contributed by atoms with E-state index in [-0.39, 0.29) is 23.5 Å². The van der Waals surface area contributed by atoms with Crippen molar-refractivity contribution in [2.24, 2.45) is 12.8 Å². The maximum Gasteiger partial charge on any atom is 0.346 e. The topological polar surface area (TPSA) is 99.2 Å². The highest BCUT2D eigenvalue weighted by molar-refractivity contribution is 6.34. The largest absolute Gasteiger partial charge is 0.438 e. The van der Waals surface area contributed by atoms with Crippen molar-refractivity contribution in [1.82, 2.24) is 15.1 Å². The van der Waals surface area contributed by atoms with Gasteiger partial charge in [0.1, 0.15) is 11.4 Å². The first-order chi connectivity index (χ1) is 13.3. The third-order valence-corrected chi connectivity index (χ3v) is 4.81. The molecule has 0 fully saturated rings. The Morgan fingerprint density at radius 2 is 2.25 bits per heavy atom. The summed E-state index contributed by atoms with van der Waals surface area (Å²) in [5.41, 5.74) is 6.73. The number of nitrogens with zero attached hydrogens (tertiary/aromatic N) is 2. The first-order valence-corrected chi connectivity index (χ1v) is 9.09. The molecule has 2 heterocycles. The van der Waals surface area contributed by atoms with Gasteiger partial charge >= 0.3 is 5.97 Å². The van der Waals surface area contributed by atoms with E-state index in [0.717, 1.165) is 5.56 Å². The second-order valence-corrected chi connectivity index (χ2v) is 6.95. The lowest BCUT2D eigenvalue weighted by molar-refractivity contribution is -0.138. The van der Waals surface area contributed by atoms with Crippen molar-refractivity contribution >= 4 is 29.1 Å². The Bertz CT molecular complexity index is 937. The minimum atomic E-state index is -1.10. The van der Waals surface area contributed by atoms with E-state index in [9.17, 15) is 14.0 Å². The first kappa shape index (κ1) is 20.0. The summed E-state index contributed by atoms with van der Waals surface area (Å²) in [5, 5.41) is 6.85. The highest BCUT2D eigenvalue weighted by atomic mass is 35.5. The molecule has 28 heavy (non-hydrogen) atoms. The maximum absolute atomic E-state index is 13.4. The second kappa shape index (κ2) is 8.12. The van der Waals surface area contributed by atoms with Gasteiger partial charge in [0.25, 0.3) is 5.91 Å². The first-order valence-electron chi connectivity index (χ1n) is 8.65. The number of nitrogens with two attached hydrogens (primary N) is 1. The van der Waals surface area contributed by atoms with Gasteiger partial charge in [-0.1, -0.05) is 23.7 Å². The lowest BCUT2D eigenvalue weighted by atomic mass is 10.0. The molecular weight excluding hydrogens is 387 g/mol. The lowest BCUT2D eigenvalue weighted by Crippen LogP contribution is -2.43. The van der Waals surface area contributed by atoms with Crippen molar-refractivity contribution in [3.8, 4) is 0 Å². The van der Waals surface area contributed by atoms with Crippen LogP contribution in [0.1, 0.15) is 16.8 Å². The molecule has 3 N–H and O–H groups in total. The van der Waals surface area contributed by atoms with E-state index >= 15 is 0 Å². The summed E-state index contributed by atoms with van der Waals surface area (Å²) in [7, 11) is 1.68. The summed E-state index contributed by atoms with van der Waals surface area (Å²) in [6.07, 6.45) is 1.92. The molecule has 1 aliphatic rings. The van der Waals surface area contributed by atoms with Crippen LogP contribution in [0.2, 0.25) is 0 Å². The Hall–Kier alpha value is -2.71.